The normalized spacial score (nSPS) is 31.9. The maximum Gasteiger partial charge on any atom is 0.214 e. The summed E-state index contributed by atoms with van der Waals surface area (Å²) >= 11 is 0. The minimum absolute atomic E-state index is 0.0210. The highest BCUT2D eigenvalue weighted by atomic mass is 32.2. The molecule has 2 aliphatic rings. The third kappa shape index (κ3) is 2.76. The molecular formula is C11H22N2O2S. The van der Waals surface area contributed by atoms with Crippen LogP contribution in [0.15, 0.2) is 0 Å². The van der Waals surface area contributed by atoms with Crippen molar-refractivity contribution in [1.82, 2.24) is 4.31 Å². The summed E-state index contributed by atoms with van der Waals surface area (Å²) in [6, 6.07) is 0.0465. The molecule has 0 saturated heterocycles. The van der Waals surface area contributed by atoms with E-state index in [-0.39, 0.29) is 12.1 Å². The van der Waals surface area contributed by atoms with E-state index in [0.29, 0.717) is 11.7 Å². The van der Waals surface area contributed by atoms with Crippen molar-refractivity contribution in [3.05, 3.63) is 0 Å². The molecule has 5 heteroatoms. The predicted octanol–water partition coefficient (Wildman–Crippen LogP) is 0.928. The Morgan fingerprint density at radius 1 is 1.19 bits per heavy atom. The topological polar surface area (TPSA) is 63.4 Å². The van der Waals surface area contributed by atoms with Gasteiger partial charge in [-0.1, -0.05) is 12.8 Å². The van der Waals surface area contributed by atoms with Crippen molar-refractivity contribution in [2.75, 3.05) is 12.8 Å². The lowest BCUT2D eigenvalue weighted by Crippen LogP contribution is -2.50. The van der Waals surface area contributed by atoms with Gasteiger partial charge in [0.05, 0.1) is 5.75 Å². The number of sulfonamides is 1. The molecular weight excluding hydrogens is 224 g/mol. The van der Waals surface area contributed by atoms with Gasteiger partial charge in [-0.15, -0.1) is 0 Å². The highest BCUT2D eigenvalue weighted by Crippen LogP contribution is 2.32. The summed E-state index contributed by atoms with van der Waals surface area (Å²) in [4.78, 5) is 0. The van der Waals surface area contributed by atoms with Crippen LogP contribution in [0.5, 0.6) is 0 Å². The lowest BCUT2D eigenvalue weighted by Gasteiger charge is -2.35. The lowest BCUT2D eigenvalue weighted by atomic mass is 9.91. The van der Waals surface area contributed by atoms with Gasteiger partial charge in [0.15, 0.2) is 0 Å². The quantitative estimate of drug-likeness (QED) is 0.802. The molecule has 0 aromatic heterocycles. The maximum absolute atomic E-state index is 12.1. The number of nitrogens with two attached hydrogens (primary N) is 1. The van der Waals surface area contributed by atoms with Crippen molar-refractivity contribution < 1.29 is 8.42 Å². The Balaban J connectivity index is 2.01. The second kappa shape index (κ2) is 4.63. The first-order valence-corrected chi connectivity index (χ1v) is 7.83. The Morgan fingerprint density at radius 3 is 2.38 bits per heavy atom. The summed E-state index contributed by atoms with van der Waals surface area (Å²) in [6.45, 7) is 0. The Hall–Kier alpha value is -0.130. The van der Waals surface area contributed by atoms with E-state index < -0.39 is 10.0 Å². The van der Waals surface area contributed by atoms with Gasteiger partial charge >= 0.3 is 0 Å². The van der Waals surface area contributed by atoms with E-state index in [1.165, 1.54) is 0 Å². The summed E-state index contributed by atoms with van der Waals surface area (Å²) in [5, 5.41) is 0. The second-order valence-corrected chi connectivity index (χ2v) is 7.33. The average molecular weight is 246 g/mol. The Morgan fingerprint density at radius 2 is 1.81 bits per heavy atom. The van der Waals surface area contributed by atoms with Gasteiger partial charge in [-0.05, 0) is 31.6 Å². The molecule has 0 heterocycles. The zero-order chi connectivity index (χ0) is 11.8. The van der Waals surface area contributed by atoms with Crippen LogP contribution in [0.1, 0.15) is 38.5 Å². The van der Waals surface area contributed by atoms with E-state index in [1.54, 1.807) is 11.4 Å². The third-order valence-corrected chi connectivity index (χ3v) is 5.87. The average Bonchev–Trinajstić information content (AvgIpc) is 3.01. The molecule has 94 valence electrons. The van der Waals surface area contributed by atoms with Gasteiger partial charge in [0.25, 0.3) is 0 Å². The number of nitrogens with zero attached hydrogens (tertiary/aromatic N) is 1. The molecule has 0 amide bonds. The molecule has 0 radical (unpaired) electrons. The molecule has 2 aliphatic carbocycles. The Labute approximate surface area is 98.2 Å². The van der Waals surface area contributed by atoms with Gasteiger partial charge in [0.2, 0.25) is 10.0 Å². The van der Waals surface area contributed by atoms with Crippen LogP contribution >= 0.6 is 0 Å². The minimum atomic E-state index is -3.08. The fraction of sp³-hybridized carbons (Fsp3) is 1.00. The monoisotopic (exact) mass is 246 g/mol. The molecule has 0 aromatic rings. The van der Waals surface area contributed by atoms with Gasteiger partial charge < -0.3 is 5.73 Å². The first-order valence-electron chi connectivity index (χ1n) is 6.22. The molecule has 2 rings (SSSR count). The third-order valence-electron chi connectivity index (χ3n) is 3.83. The molecule has 2 atom stereocenters. The van der Waals surface area contributed by atoms with Crippen LogP contribution in [0.4, 0.5) is 0 Å². The molecule has 2 fully saturated rings. The van der Waals surface area contributed by atoms with Crippen molar-refractivity contribution in [1.29, 1.82) is 0 Å². The standard InChI is InChI=1S/C11H22N2O2S/c1-13(11-5-3-2-4-10(11)12)16(14,15)8-9-6-7-9/h9-11H,2-8,12H2,1H3. The van der Waals surface area contributed by atoms with E-state index in [1.807, 2.05) is 0 Å². The summed E-state index contributed by atoms with van der Waals surface area (Å²) in [6.07, 6.45) is 6.25. The molecule has 2 saturated carbocycles. The van der Waals surface area contributed by atoms with E-state index >= 15 is 0 Å². The van der Waals surface area contributed by atoms with Crippen LogP contribution in [0.25, 0.3) is 0 Å². The van der Waals surface area contributed by atoms with Crippen LogP contribution in [-0.2, 0) is 10.0 Å². The number of hydrogen-bond donors (Lipinski definition) is 1. The second-order valence-electron chi connectivity index (χ2n) is 5.25. The summed E-state index contributed by atoms with van der Waals surface area (Å²) < 4.78 is 25.7. The van der Waals surface area contributed by atoms with Crippen LogP contribution in [0.2, 0.25) is 0 Å². The fourth-order valence-electron chi connectivity index (χ4n) is 2.50. The first kappa shape index (κ1) is 12.3. The van der Waals surface area contributed by atoms with Gasteiger partial charge in [0.1, 0.15) is 0 Å². The Bertz CT molecular complexity index is 338. The molecule has 2 N–H and O–H groups in total. The van der Waals surface area contributed by atoms with E-state index in [0.717, 1.165) is 38.5 Å². The summed E-state index contributed by atoms with van der Waals surface area (Å²) in [5.74, 6) is 0.736. The maximum atomic E-state index is 12.1. The highest BCUT2D eigenvalue weighted by molar-refractivity contribution is 7.89. The number of likely N-dealkylation sites (N-methyl/N-ethyl adjacent to an activating group) is 1. The van der Waals surface area contributed by atoms with Gasteiger partial charge in [0, 0.05) is 19.1 Å². The zero-order valence-electron chi connectivity index (χ0n) is 9.93. The fourth-order valence-corrected chi connectivity index (χ4v) is 4.34. The zero-order valence-corrected chi connectivity index (χ0v) is 10.7. The first-order chi connectivity index (χ1) is 7.50. The van der Waals surface area contributed by atoms with Gasteiger partial charge in [-0.3, -0.25) is 0 Å². The molecule has 0 spiro atoms. The molecule has 16 heavy (non-hydrogen) atoms. The minimum Gasteiger partial charge on any atom is -0.326 e. The van der Waals surface area contributed by atoms with Crippen molar-refractivity contribution in [3.63, 3.8) is 0 Å². The van der Waals surface area contributed by atoms with Crippen molar-refractivity contribution in [2.45, 2.75) is 50.6 Å². The SMILES string of the molecule is CN(C1CCCCC1N)S(=O)(=O)CC1CC1. The summed E-state index contributed by atoms with van der Waals surface area (Å²) in [5.41, 5.74) is 6.02. The predicted molar refractivity (Wildman–Crippen MR) is 64.5 cm³/mol. The lowest BCUT2D eigenvalue weighted by molar-refractivity contribution is 0.252. The van der Waals surface area contributed by atoms with Crippen molar-refractivity contribution >= 4 is 10.0 Å². The van der Waals surface area contributed by atoms with Crippen LogP contribution < -0.4 is 5.73 Å². The van der Waals surface area contributed by atoms with Crippen LogP contribution in [0.3, 0.4) is 0 Å². The van der Waals surface area contributed by atoms with Crippen LogP contribution in [0, 0.1) is 5.92 Å². The largest absolute Gasteiger partial charge is 0.326 e. The molecule has 0 aliphatic heterocycles. The van der Waals surface area contributed by atoms with Crippen molar-refractivity contribution in [3.8, 4) is 0 Å². The molecule has 2 unspecified atom stereocenters. The number of hydrogen-bond acceptors (Lipinski definition) is 3. The van der Waals surface area contributed by atoms with E-state index in [4.69, 9.17) is 5.73 Å². The Kier molecular flexibility index (Phi) is 3.56. The van der Waals surface area contributed by atoms with Crippen molar-refractivity contribution in [2.24, 2.45) is 11.7 Å². The summed E-state index contributed by atoms with van der Waals surface area (Å²) in [7, 11) is -1.37. The van der Waals surface area contributed by atoms with Gasteiger partial charge in [-0.25, -0.2) is 12.7 Å². The smallest absolute Gasteiger partial charge is 0.214 e. The van der Waals surface area contributed by atoms with Crippen LogP contribution in [-0.4, -0.2) is 37.6 Å². The van der Waals surface area contributed by atoms with E-state index in [2.05, 4.69) is 0 Å². The molecule has 4 nitrogen and oxygen atoms in total. The number of rotatable bonds is 4. The molecule has 0 bridgehead atoms. The molecule has 0 aromatic carbocycles. The van der Waals surface area contributed by atoms with E-state index in [9.17, 15) is 8.42 Å². The van der Waals surface area contributed by atoms with Gasteiger partial charge in [-0.2, -0.15) is 0 Å². The highest BCUT2D eigenvalue weighted by Gasteiger charge is 2.36.